The number of nitrogens with one attached hydrogen (secondary N) is 1. The fraction of sp³-hybridized carbons (Fsp3) is 0.500. The Morgan fingerprint density at radius 1 is 1.33 bits per heavy atom. The number of hydrogen-bond acceptors (Lipinski definition) is 3. The molecule has 1 N–H and O–H groups in total. The highest BCUT2D eigenvalue weighted by molar-refractivity contribution is 5.29. The number of methoxy groups -OCH3 is 1. The Labute approximate surface area is 90.4 Å². The molecule has 1 fully saturated rings. The van der Waals surface area contributed by atoms with Gasteiger partial charge < -0.3 is 9.47 Å². The van der Waals surface area contributed by atoms with Crippen LogP contribution in [0.4, 0.5) is 0 Å². The largest absolute Gasteiger partial charge is 0.497 e. The third kappa shape index (κ3) is 2.30. The average molecular weight is 207 g/mol. The summed E-state index contributed by atoms with van der Waals surface area (Å²) in [6.07, 6.45) is 0.144. The standard InChI is InChI=1S/C12H17NO2/c1-12(2)13-8-11(15-12)9-4-6-10(14-3)7-5-9/h4-7,11,13H,8H2,1-3H3. The lowest BCUT2D eigenvalue weighted by atomic mass is 10.1. The molecule has 0 saturated carbocycles. The molecule has 1 saturated heterocycles. The van der Waals surface area contributed by atoms with Crippen molar-refractivity contribution < 1.29 is 9.47 Å². The van der Waals surface area contributed by atoms with E-state index in [1.54, 1.807) is 7.11 Å². The van der Waals surface area contributed by atoms with Crippen LogP contribution in [-0.4, -0.2) is 19.4 Å². The molecule has 0 aromatic heterocycles. The van der Waals surface area contributed by atoms with Crippen LogP contribution < -0.4 is 10.1 Å². The summed E-state index contributed by atoms with van der Waals surface area (Å²) in [4.78, 5) is 0. The molecule has 15 heavy (non-hydrogen) atoms. The zero-order valence-corrected chi connectivity index (χ0v) is 9.41. The van der Waals surface area contributed by atoms with Crippen molar-refractivity contribution in [3.8, 4) is 5.75 Å². The van der Waals surface area contributed by atoms with Gasteiger partial charge in [-0.15, -0.1) is 0 Å². The molecule has 1 heterocycles. The van der Waals surface area contributed by atoms with Crippen LogP contribution in [0.15, 0.2) is 24.3 Å². The lowest BCUT2D eigenvalue weighted by Gasteiger charge is -2.18. The topological polar surface area (TPSA) is 30.5 Å². The molecule has 0 bridgehead atoms. The van der Waals surface area contributed by atoms with Crippen LogP contribution in [-0.2, 0) is 4.74 Å². The van der Waals surface area contributed by atoms with Gasteiger partial charge in [-0.25, -0.2) is 0 Å². The maximum atomic E-state index is 5.86. The van der Waals surface area contributed by atoms with Gasteiger partial charge in [0.2, 0.25) is 0 Å². The number of benzene rings is 1. The van der Waals surface area contributed by atoms with Crippen LogP contribution in [0.1, 0.15) is 25.5 Å². The number of rotatable bonds is 2. The van der Waals surface area contributed by atoms with Gasteiger partial charge in [-0.05, 0) is 31.5 Å². The molecule has 1 aromatic rings. The predicted molar refractivity (Wildman–Crippen MR) is 58.9 cm³/mol. The van der Waals surface area contributed by atoms with Crippen molar-refractivity contribution in [1.29, 1.82) is 0 Å². The Bertz CT molecular complexity index is 332. The van der Waals surface area contributed by atoms with Crippen molar-refractivity contribution in [2.24, 2.45) is 0 Å². The van der Waals surface area contributed by atoms with E-state index in [9.17, 15) is 0 Å². The lowest BCUT2D eigenvalue weighted by Crippen LogP contribution is -2.33. The molecule has 0 amide bonds. The summed E-state index contributed by atoms with van der Waals surface area (Å²) in [6.45, 7) is 4.94. The molecular weight excluding hydrogens is 190 g/mol. The van der Waals surface area contributed by atoms with Crippen LogP contribution in [0.25, 0.3) is 0 Å². The minimum atomic E-state index is -0.218. The molecule has 1 aliphatic rings. The molecule has 0 aliphatic carbocycles. The molecule has 1 atom stereocenters. The minimum absolute atomic E-state index is 0.144. The Kier molecular flexibility index (Phi) is 2.67. The third-order valence-corrected chi connectivity index (χ3v) is 2.64. The first-order valence-corrected chi connectivity index (χ1v) is 5.17. The van der Waals surface area contributed by atoms with Crippen molar-refractivity contribution in [3.63, 3.8) is 0 Å². The quantitative estimate of drug-likeness (QED) is 0.805. The van der Waals surface area contributed by atoms with E-state index in [1.807, 2.05) is 38.1 Å². The summed E-state index contributed by atoms with van der Waals surface area (Å²) in [5.74, 6) is 0.879. The van der Waals surface area contributed by atoms with Crippen LogP contribution in [0.3, 0.4) is 0 Å². The van der Waals surface area contributed by atoms with E-state index in [0.717, 1.165) is 12.3 Å². The summed E-state index contributed by atoms with van der Waals surface area (Å²) in [5, 5.41) is 3.32. The molecule has 0 radical (unpaired) electrons. The Morgan fingerprint density at radius 3 is 2.47 bits per heavy atom. The first-order chi connectivity index (χ1) is 7.11. The molecule has 3 heteroatoms. The highest BCUT2D eigenvalue weighted by Gasteiger charge is 2.31. The van der Waals surface area contributed by atoms with Gasteiger partial charge in [0.1, 0.15) is 11.5 Å². The number of hydrogen-bond donors (Lipinski definition) is 1. The van der Waals surface area contributed by atoms with Gasteiger partial charge in [0.05, 0.1) is 13.2 Å². The second kappa shape index (κ2) is 3.83. The Hall–Kier alpha value is -1.06. The maximum Gasteiger partial charge on any atom is 0.118 e. The van der Waals surface area contributed by atoms with Crippen LogP contribution in [0, 0.1) is 0 Å². The zero-order chi connectivity index (χ0) is 10.9. The van der Waals surface area contributed by atoms with Crippen molar-refractivity contribution in [2.75, 3.05) is 13.7 Å². The summed E-state index contributed by atoms with van der Waals surface area (Å²) in [6, 6.07) is 8.02. The van der Waals surface area contributed by atoms with E-state index in [2.05, 4.69) is 5.32 Å². The lowest BCUT2D eigenvalue weighted by molar-refractivity contribution is -0.0241. The van der Waals surface area contributed by atoms with E-state index >= 15 is 0 Å². The minimum Gasteiger partial charge on any atom is -0.497 e. The van der Waals surface area contributed by atoms with Crippen LogP contribution >= 0.6 is 0 Å². The molecule has 1 aliphatic heterocycles. The van der Waals surface area contributed by atoms with E-state index in [-0.39, 0.29) is 11.8 Å². The molecular formula is C12H17NO2. The van der Waals surface area contributed by atoms with Crippen LogP contribution in [0.5, 0.6) is 5.75 Å². The van der Waals surface area contributed by atoms with Gasteiger partial charge in [-0.3, -0.25) is 5.32 Å². The van der Waals surface area contributed by atoms with Crippen LogP contribution in [0.2, 0.25) is 0 Å². The van der Waals surface area contributed by atoms with E-state index < -0.39 is 0 Å². The monoisotopic (exact) mass is 207 g/mol. The molecule has 1 unspecified atom stereocenters. The van der Waals surface area contributed by atoms with Crippen molar-refractivity contribution in [2.45, 2.75) is 25.7 Å². The van der Waals surface area contributed by atoms with Gasteiger partial charge in [-0.1, -0.05) is 12.1 Å². The highest BCUT2D eigenvalue weighted by Crippen LogP contribution is 2.28. The summed E-state index contributed by atoms with van der Waals surface area (Å²) >= 11 is 0. The second-order valence-electron chi connectivity index (χ2n) is 4.27. The molecule has 82 valence electrons. The fourth-order valence-electron chi connectivity index (χ4n) is 1.78. The first-order valence-electron chi connectivity index (χ1n) is 5.17. The van der Waals surface area contributed by atoms with Gasteiger partial charge in [0, 0.05) is 6.54 Å². The summed E-state index contributed by atoms with van der Waals surface area (Å²) in [5.41, 5.74) is 0.971. The number of ether oxygens (including phenoxy) is 2. The normalized spacial score (nSPS) is 24.1. The molecule has 0 spiro atoms. The Morgan fingerprint density at radius 2 is 2.00 bits per heavy atom. The third-order valence-electron chi connectivity index (χ3n) is 2.64. The summed E-state index contributed by atoms with van der Waals surface area (Å²) < 4.78 is 11.0. The van der Waals surface area contributed by atoms with E-state index in [0.29, 0.717) is 0 Å². The Balaban J connectivity index is 2.11. The van der Waals surface area contributed by atoms with Gasteiger partial charge in [0.25, 0.3) is 0 Å². The highest BCUT2D eigenvalue weighted by atomic mass is 16.5. The van der Waals surface area contributed by atoms with Gasteiger partial charge >= 0.3 is 0 Å². The first kappa shape index (κ1) is 10.5. The van der Waals surface area contributed by atoms with E-state index in [1.165, 1.54) is 5.56 Å². The van der Waals surface area contributed by atoms with Crippen molar-refractivity contribution in [1.82, 2.24) is 5.32 Å². The van der Waals surface area contributed by atoms with Crippen molar-refractivity contribution >= 4 is 0 Å². The smallest absolute Gasteiger partial charge is 0.118 e. The van der Waals surface area contributed by atoms with Gasteiger partial charge in [0.15, 0.2) is 0 Å². The molecule has 1 aromatic carbocycles. The molecule has 3 nitrogen and oxygen atoms in total. The molecule has 2 rings (SSSR count). The summed E-state index contributed by atoms with van der Waals surface area (Å²) in [7, 11) is 1.67. The SMILES string of the molecule is COc1ccc(C2CNC(C)(C)O2)cc1. The fourth-order valence-corrected chi connectivity index (χ4v) is 1.78. The zero-order valence-electron chi connectivity index (χ0n) is 9.41. The maximum absolute atomic E-state index is 5.86. The van der Waals surface area contributed by atoms with E-state index in [4.69, 9.17) is 9.47 Å². The second-order valence-corrected chi connectivity index (χ2v) is 4.27. The van der Waals surface area contributed by atoms with Gasteiger partial charge in [-0.2, -0.15) is 0 Å². The average Bonchev–Trinajstić information content (AvgIpc) is 2.59. The van der Waals surface area contributed by atoms with Crippen molar-refractivity contribution in [3.05, 3.63) is 29.8 Å². The predicted octanol–water partition coefficient (Wildman–Crippen LogP) is 2.09.